The van der Waals surface area contributed by atoms with Crippen molar-refractivity contribution < 1.29 is 23.1 Å². The zero-order valence-electron chi connectivity index (χ0n) is 27.4. The first-order valence-electron chi connectivity index (χ1n) is 16.3. The zero-order valence-corrected chi connectivity index (χ0v) is 28.2. The number of thiophene rings is 1. The number of nitrogens with one attached hydrogen (secondary N) is 2. The number of hydrogen-bond donors (Lipinski definition) is 2. The Morgan fingerprint density at radius 3 is 2.55 bits per heavy atom. The van der Waals surface area contributed by atoms with E-state index in [0.717, 1.165) is 60.3 Å². The molecule has 1 saturated carbocycles. The average molecular weight is 664 g/mol. The van der Waals surface area contributed by atoms with Crippen LogP contribution >= 0.6 is 11.3 Å². The number of aromatic nitrogens is 2. The summed E-state index contributed by atoms with van der Waals surface area (Å²) in [5.74, 6) is -0.0571. The molecule has 0 unspecified atom stereocenters. The molecular formula is C36H43F2N5O3S. The topological polar surface area (TPSA) is 88.5 Å². The van der Waals surface area contributed by atoms with Gasteiger partial charge in [0.25, 0.3) is 12.3 Å². The van der Waals surface area contributed by atoms with E-state index in [9.17, 15) is 18.4 Å². The predicted octanol–water partition coefficient (Wildman–Crippen LogP) is 8.57. The number of piperidine rings is 1. The smallest absolute Gasteiger partial charge is 0.410 e. The van der Waals surface area contributed by atoms with E-state index in [4.69, 9.17) is 9.72 Å². The Labute approximate surface area is 278 Å². The van der Waals surface area contributed by atoms with Gasteiger partial charge in [0.15, 0.2) is 0 Å². The molecule has 2 fully saturated rings. The molecule has 1 aliphatic carbocycles. The number of alkyl halides is 2. The minimum absolute atomic E-state index is 0.131. The summed E-state index contributed by atoms with van der Waals surface area (Å²) < 4.78 is 34.4. The SMILES string of the molecule is C[C@H](N(Cc1ccc2c(c1)nc(NC(=O)c1ccc(C(F)F)s1)n2C1CC2(CCCNC2)C1)C(=O)OCc1ccccc1)C(C)(C)C. The summed E-state index contributed by atoms with van der Waals surface area (Å²) in [5.41, 5.74) is 3.42. The average Bonchev–Trinajstić information content (AvgIpc) is 3.67. The Bertz CT molecular complexity index is 1720. The van der Waals surface area contributed by atoms with E-state index in [2.05, 4.69) is 36.0 Å². The van der Waals surface area contributed by atoms with Crippen LogP contribution in [0.2, 0.25) is 0 Å². The fourth-order valence-corrected chi connectivity index (χ4v) is 7.54. The number of carbonyl (C=O) groups is 2. The van der Waals surface area contributed by atoms with Crippen molar-refractivity contribution in [1.82, 2.24) is 19.8 Å². The molecule has 1 spiro atoms. The maximum absolute atomic E-state index is 13.5. The van der Waals surface area contributed by atoms with E-state index in [1.807, 2.05) is 55.5 Å². The number of ether oxygens (including phenoxy) is 1. The van der Waals surface area contributed by atoms with E-state index in [1.165, 1.54) is 18.6 Å². The fourth-order valence-electron chi connectivity index (χ4n) is 6.78. The molecule has 2 aliphatic rings. The molecule has 2 amide bonds. The number of hydrogen-bond acceptors (Lipinski definition) is 6. The third-order valence-electron chi connectivity index (χ3n) is 9.82. The first-order valence-corrected chi connectivity index (χ1v) is 17.1. The van der Waals surface area contributed by atoms with Crippen LogP contribution in [0.15, 0.2) is 60.7 Å². The first kappa shape index (κ1) is 33.1. The highest BCUT2D eigenvalue weighted by Gasteiger charge is 2.46. The number of anilines is 1. The molecule has 0 radical (unpaired) electrons. The quantitative estimate of drug-likeness (QED) is 0.187. The van der Waals surface area contributed by atoms with Crippen LogP contribution < -0.4 is 10.6 Å². The number of imidazole rings is 1. The van der Waals surface area contributed by atoms with Crippen LogP contribution in [0.4, 0.5) is 19.5 Å². The largest absolute Gasteiger partial charge is 0.445 e. The maximum atomic E-state index is 13.5. The lowest BCUT2D eigenvalue weighted by atomic mass is 9.61. The second kappa shape index (κ2) is 13.4. The normalized spacial score (nSPS) is 20.3. The lowest BCUT2D eigenvalue weighted by Crippen LogP contribution is -2.49. The van der Waals surface area contributed by atoms with Crippen LogP contribution in [0.25, 0.3) is 11.0 Å². The van der Waals surface area contributed by atoms with E-state index in [-0.39, 0.29) is 39.3 Å². The van der Waals surface area contributed by atoms with Crippen LogP contribution in [0.1, 0.15) is 91.5 Å². The number of fused-ring (bicyclic) bond motifs is 1. The van der Waals surface area contributed by atoms with Gasteiger partial charge in [0.1, 0.15) is 6.61 Å². The van der Waals surface area contributed by atoms with Crippen molar-refractivity contribution in [2.24, 2.45) is 10.8 Å². The Morgan fingerprint density at radius 2 is 1.89 bits per heavy atom. The maximum Gasteiger partial charge on any atom is 0.410 e. The van der Waals surface area contributed by atoms with Crippen molar-refractivity contribution in [3.05, 3.63) is 81.5 Å². The third-order valence-corrected chi connectivity index (χ3v) is 10.9. The van der Waals surface area contributed by atoms with Crippen LogP contribution in [-0.4, -0.2) is 45.6 Å². The zero-order chi connectivity index (χ0) is 33.3. The van der Waals surface area contributed by atoms with Gasteiger partial charge in [-0.2, -0.15) is 0 Å². The Hall–Kier alpha value is -3.83. The summed E-state index contributed by atoms with van der Waals surface area (Å²) >= 11 is 0.789. The van der Waals surface area contributed by atoms with E-state index in [0.29, 0.717) is 18.0 Å². The van der Waals surface area contributed by atoms with E-state index in [1.54, 1.807) is 4.90 Å². The lowest BCUT2D eigenvalue weighted by molar-refractivity contribution is 0.0380. The van der Waals surface area contributed by atoms with Crippen molar-refractivity contribution in [1.29, 1.82) is 0 Å². The van der Waals surface area contributed by atoms with Gasteiger partial charge in [-0.3, -0.25) is 10.1 Å². The molecule has 11 heteroatoms. The standard InChI is InChI=1S/C36H43F2N5O3S/c1-23(35(2,3)4)42(34(45)46-21-24-9-6-5-7-10-24)20-25-11-12-28-27(17-25)40-33(41-32(44)30-14-13-29(47-30)31(37)38)43(28)26-18-36(19-26)15-8-16-39-22-36/h5-7,9-14,17,23,26,31,39H,8,15-16,18-22H2,1-4H3,(H,40,41,44)/t23-,26?,36?/m0/s1. The van der Waals surface area contributed by atoms with E-state index < -0.39 is 18.4 Å². The fraction of sp³-hybridized carbons (Fsp3) is 0.472. The monoisotopic (exact) mass is 663 g/mol. The minimum Gasteiger partial charge on any atom is -0.445 e. The number of rotatable bonds is 9. The van der Waals surface area contributed by atoms with Crippen LogP contribution in [-0.2, 0) is 17.9 Å². The first-order chi connectivity index (χ1) is 22.4. The summed E-state index contributed by atoms with van der Waals surface area (Å²) in [5, 5.41) is 6.47. The van der Waals surface area contributed by atoms with Gasteiger partial charge in [-0.05, 0) is 85.4 Å². The molecule has 250 valence electrons. The van der Waals surface area contributed by atoms with Crippen LogP contribution in [0, 0.1) is 10.8 Å². The van der Waals surface area contributed by atoms with Crippen LogP contribution in [0.5, 0.6) is 0 Å². The highest BCUT2D eigenvalue weighted by molar-refractivity contribution is 7.14. The van der Waals surface area contributed by atoms with Crippen molar-refractivity contribution in [3.63, 3.8) is 0 Å². The molecule has 1 aliphatic heterocycles. The van der Waals surface area contributed by atoms with Crippen molar-refractivity contribution >= 4 is 40.3 Å². The number of halogens is 2. The molecule has 6 rings (SSSR count). The summed E-state index contributed by atoms with van der Waals surface area (Å²) in [6, 6.07) is 18.3. The Balaban J connectivity index is 1.28. The molecule has 0 bridgehead atoms. The number of nitrogens with zero attached hydrogens (tertiary/aromatic N) is 3. The van der Waals surface area contributed by atoms with Crippen LogP contribution in [0.3, 0.4) is 0 Å². The molecule has 4 aromatic rings. The van der Waals surface area contributed by atoms with Gasteiger partial charge < -0.3 is 19.5 Å². The molecule has 1 saturated heterocycles. The van der Waals surface area contributed by atoms with Crippen molar-refractivity contribution in [3.8, 4) is 0 Å². The highest BCUT2D eigenvalue weighted by atomic mass is 32.1. The van der Waals surface area contributed by atoms with Crippen molar-refractivity contribution in [2.45, 2.75) is 85.0 Å². The lowest BCUT2D eigenvalue weighted by Gasteiger charge is -2.51. The molecule has 47 heavy (non-hydrogen) atoms. The van der Waals surface area contributed by atoms with Gasteiger partial charge in [0.2, 0.25) is 5.95 Å². The van der Waals surface area contributed by atoms with Gasteiger partial charge in [0, 0.05) is 25.2 Å². The number of benzene rings is 2. The number of carbonyl (C=O) groups excluding carboxylic acids is 2. The summed E-state index contributed by atoms with van der Waals surface area (Å²) in [4.78, 5) is 33.5. The summed E-state index contributed by atoms with van der Waals surface area (Å²) in [6.45, 7) is 10.8. The van der Waals surface area contributed by atoms with E-state index >= 15 is 0 Å². The third kappa shape index (κ3) is 7.21. The highest BCUT2D eigenvalue weighted by Crippen LogP contribution is 2.53. The molecular weight excluding hydrogens is 620 g/mol. The molecule has 1 atom stereocenters. The van der Waals surface area contributed by atoms with Gasteiger partial charge in [-0.15, -0.1) is 11.3 Å². The molecule has 2 N–H and O–H groups in total. The second-order valence-electron chi connectivity index (χ2n) is 14.1. The summed E-state index contributed by atoms with van der Waals surface area (Å²) in [6.07, 6.45) is 1.23. The van der Waals surface area contributed by atoms with Crippen molar-refractivity contribution in [2.75, 3.05) is 18.4 Å². The number of amides is 2. The van der Waals surface area contributed by atoms with Gasteiger partial charge in [-0.25, -0.2) is 18.6 Å². The minimum atomic E-state index is -2.63. The molecule has 2 aromatic heterocycles. The van der Waals surface area contributed by atoms with Gasteiger partial charge in [-0.1, -0.05) is 57.2 Å². The molecule has 8 nitrogen and oxygen atoms in total. The van der Waals surface area contributed by atoms with Gasteiger partial charge in [0.05, 0.1) is 20.8 Å². The van der Waals surface area contributed by atoms with Gasteiger partial charge >= 0.3 is 6.09 Å². The predicted molar refractivity (Wildman–Crippen MR) is 181 cm³/mol. The second-order valence-corrected chi connectivity index (χ2v) is 15.3. The Morgan fingerprint density at radius 1 is 1.13 bits per heavy atom. The molecule has 2 aromatic carbocycles. The Kier molecular flexibility index (Phi) is 9.40. The summed E-state index contributed by atoms with van der Waals surface area (Å²) in [7, 11) is 0. The molecule has 3 heterocycles.